The van der Waals surface area contributed by atoms with Gasteiger partial charge < -0.3 is 4.74 Å². The molecule has 1 aromatic heterocycles. The molecular formula is C17H14BrFN4O2. The van der Waals surface area contributed by atoms with Gasteiger partial charge in [-0.3, -0.25) is 0 Å². The Balaban J connectivity index is 1.59. The van der Waals surface area contributed by atoms with E-state index in [1.807, 2.05) is 31.2 Å². The number of halogens is 2. The van der Waals surface area contributed by atoms with E-state index in [4.69, 9.17) is 4.74 Å². The Morgan fingerprint density at radius 1 is 1.24 bits per heavy atom. The van der Waals surface area contributed by atoms with E-state index in [0.29, 0.717) is 15.9 Å². The van der Waals surface area contributed by atoms with E-state index in [-0.39, 0.29) is 13.2 Å². The Bertz CT molecular complexity index is 896. The van der Waals surface area contributed by atoms with Crippen molar-refractivity contribution in [3.8, 4) is 11.4 Å². The summed E-state index contributed by atoms with van der Waals surface area (Å²) in [6.07, 6.45) is 0. The van der Waals surface area contributed by atoms with Crippen LogP contribution in [0, 0.1) is 12.7 Å². The van der Waals surface area contributed by atoms with Crippen LogP contribution in [0.5, 0.6) is 0 Å². The lowest BCUT2D eigenvalue weighted by Gasteiger charge is -2.05. The van der Waals surface area contributed by atoms with Crippen LogP contribution < -0.4 is 0 Å². The quantitative estimate of drug-likeness (QED) is 0.610. The maximum absolute atomic E-state index is 13.7. The summed E-state index contributed by atoms with van der Waals surface area (Å²) in [4.78, 5) is 13.0. The minimum atomic E-state index is -0.574. The highest BCUT2D eigenvalue weighted by atomic mass is 79.9. The van der Waals surface area contributed by atoms with Gasteiger partial charge in [0.15, 0.2) is 6.54 Å². The number of aromatic nitrogens is 4. The predicted molar refractivity (Wildman–Crippen MR) is 91.9 cm³/mol. The molecule has 0 amide bonds. The molecule has 8 heteroatoms. The number of esters is 1. The summed E-state index contributed by atoms with van der Waals surface area (Å²) in [7, 11) is 0. The molecule has 1 heterocycles. The van der Waals surface area contributed by atoms with Crippen molar-refractivity contribution in [3.05, 3.63) is 63.9 Å². The Hall–Kier alpha value is -2.61. The normalized spacial score (nSPS) is 10.7. The SMILES string of the molecule is Cc1ccc(-c2nnn(CC(=O)OCc3ccc(Br)cc3F)n2)cc1. The van der Waals surface area contributed by atoms with Gasteiger partial charge in [-0.25, -0.2) is 9.18 Å². The average Bonchev–Trinajstić information content (AvgIpc) is 3.03. The molecule has 0 aliphatic heterocycles. The summed E-state index contributed by atoms with van der Waals surface area (Å²) >= 11 is 3.17. The number of aryl methyl sites for hydroxylation is 1. The zero-order valence-electron chi connectivity index (χ0n) is 13.3. The van der Waals surface area contributed by atoms with Crippen molar-refractivity contribution >= 4 is 21.9 Å². The number of rotatable bonds is 5. The summed E-state index contributed by atoms with van der Waals surface area (Å²) in [5.41, 5.74) is 2.23. The topological polar surface area (TPSA) is 69.9 Å². The third-order valence-electron chi connectivity index (χ3n) is 3.44. The van der Waals surface area contributed by atoms with Gasteiger partial charge in [0.05, 0.1) is 0 Å². The highest BCUT2D eigenvalue weighted by molar-refractivity contribution is 9.10. The van der Waals surface area contributed by atoms with Crippen molar-refractivity contribution in [1.29, 1.82) is 0 Å². The van der Waals surface area contributed by atoms with Gasteiger partial charge in [-0.2, -0.15) is 4.80 Å². The molecule has 0 radical (unpaired) electrons. The average molecular weight is 405 g/mol. The van der Waals surface area contributed by atoms with Crippen LogP contribution in [-0.4, -0.2) is 26.2 Å². The number of nitrogens with zero attached hydrogens (tertiary/aromatic N) is 4. The predicted octanol–water partition coefficient (Wildman–Crippen LogP) is 3.29. The number of hydrogen-bond donors (Lipinski definition) is 0. The summed E-state index contributed by atoms with van der Waals surface area (Å²) in [6, 6.07) is 12.2. The third kappa shape index (κ3) is 4.48. The fourth-order valence-corrected chi connectivity index (χ4v) is 2.42. The molecule has 6 nitrogen and oxygen atoms in total. The standard InChI is InChI=1S/C17H14BrFN4O2/c1-11-2-4-12(5-3-11)17-20-22-23(21-17)9-16(24)25-10-13-6-7-14(18)8-15(13)19/h2-8H,9-10H2,1H3. The van der Waals surface area contributed by atoms with E-state index in [2.05, 4.69) is 31.3 Å². The van der Waals surface area contributed by atoms with Crippen molar-refractivity contribution in [3.63, 3.8) is 0 Å². The molecule has 128 valence electrons. The maximum Gasteiger partial charge on any atom is 0.330 e. The van der Waals surface area contributed by atoms with Crippen LogP contribution in [0.3, 0.4) is 0 Å². The second-order valence-electron chi connectivity index (χ2n) is 5.41. The Morgan fingerprint density at radius 3 is 2.72 bits per heavy atom. The summed E-state index contributed by atoms with van der Waals surface area (Å²) in [5.74, 6) is -0.593. The summed E-state index contributed by atoms with van der Waals surface area (Å²) < 4.78 is 19.4. The summed E-state index contributed by atoms with van der Waals surface area (Å²) in [6.45, 7) is 1.63. The highest BCUT2D eigenvalue weighted by Gasteiger charge is 2.11. The number of ether oxygens (including phenoxy) is 1. The van der Waals surface area contributed by atoms with E-state index >= 15 is 0 Å². The van der Waals surface area contributed by atoms with Gasteiger partial charge in [0, 0.05) is 15.6 Å². The molecule has 0 aliphatic rings. The zero-order chi connectivity index (χ0) is 17.8. The molecule has 0 saturated heterocycles. The first-order chi connectivity index (χ1) is 12.0. The fraction of sp³-hybridized carbons (Fsp3) is 0.176. The first-order valence-electron chi connectivity index (χ1n) is 7.45. The van der Waals surface area contributed by atoms with Crippen molar-refractivity contribution in [2.75, 3.05) is 0 Å². The van der Waals surface area contributed by atoms with Crippen LogP contribution in [0.25, 0.3) is 11.4 Å². The van der Waals surface area contributed by atoms with Gasteiger partial charge in [0.1, 0.15) is 12.4 Å². The van der Waals surface area contributed by atoms with Crippen molar-refractivity contribution in [1.82, 2.24) is 20.2 Å². The second kappa shape index (κ2) is 7.52. The number of tetrazole rings is 1. The molecule has 3 aromatic rings. The molecule has 0 unspecified atom stereocenters. The van der Waals surface area contributed by atoms with Crippen LogP contribution in [0.1, 0.15) is 11.1 Å². The van der Waals surface area contributed by atoms with E-state index < -0.39 is 11.8 Å². The molecule has 0 spiro atoms. The number of carbonyl (C=O) groups excluding carboxylic acids is 1. The van der Waals surface area contributed by atoms with Crippen LogP contribution in [0.4, 0.5) is 4.39 Å². The minimum absolute atomic E-state index is 0.155. The first-order valence-corrected chi connectivity index (χ1v) is 8.25. The highest BCUT2D eigenvalue weighted by Crippen LogP contribution is 2.16. The van der Waals surface area contributed by atoms with Gasteiger partial charge in [0.2, 0.25) is 5.82 Å². The summed E-state index contributed by atoms with van der Waals surface area (Å²) in [5, 5.41) is 11.9. The van der Waals surface area contributed by atoms with Crippen LogP contribution in [0.15, 0.2) is 46.9 Å². The van der Waals surface area contributed by atoms with E-state index in [1.165, 1.54) is 6.07 Å². The Morgan fingerprint density at radius 2 is 2.00 bits per heavy atom. The number of benzene rings is 2. The van der Waals surface area contributed by atoms with E-state index in [0.717, 1.165) is 15.9 Å². The fourth-order valence-electron chi connectivity index (χ4n) is 2.09. The van der Waals surface area contributed by atoms with Gasteiger partial charge in [-0.1, -0.05) is 51.8 Å². The van der Waals surface area contributed by atoms with Crippen molar-refractivity contribution in [2.45, 2.75) is 20.1 Å². The van der Waals surface area contributed by atoms with Crippen LogP contribution >= 0.6 is 15.9 Å². The van der Waals surface area contributed by atoms with Crippen molar-refractivity contribution in [2.24, 2.45) is 0 Å². The smallest absolute Gasteiger partial charge is 0.330 e. The number of carbonyl (C=O) groups is 1. The molecule has 2 aromatic carbocycles. The Labute approximate surface area is 151 Å². The van der Waals surface area contributed by atoms with Crippen LogP contribution in [0.2, 0.25) is 0 Å². The van der Waals surface area contributed by atoms with E-state index in [9.17, 15) is 9.18 Å². The lowest BCUT2D eigenvalue weighted by atomic mass is 10.1. The monoisotopic (exact) mass is 404 g/mol. The van der Waals surface area contributed by atoms with Crippen LogP contribution in [-0.2, 0) is 22.7 Å². The van der Waals surface area contributed by atoms with Gasteiger partial charge >= 0.3 is 5.97 Å². The largest absolute Gasteiger partial charge is 0.459 e. The lowest BCUT2D eigenvalue weighted by Crippen LogP contribution is -2.16. The molecule has 25 heavy (non-hydrogen) atoms. The van der Waals surface area contributed by atoms with Gasteiger partial charge in [0.25, 0.3) is 0 Å². The molecule has 3 rings (SSSR count). The maximum atomic E-state index is 13.7. The van der Waals surface area contributed by atoms with Gasteiger partial charge in [-0.05, 0) is 24.3 Å². The Kier molecular flexibility index (Phi) is 5.18. The molecule has 0 aliphatic carbocycles. The van der Waals surface area contributed by atoms with Gasteiger partial charge in [-0.15, -0.1) is 10.2 Å². The minimum Gasteiger partial charge on any atom is -0.459 e. The lowest BCUT2D eigenvalue weighted by molar-refractivity contribution is -0.146. The third-order valence-corrected chi connectivity index (χ3v) is 3.93. The van der Waals surface area contributed by atoms with Crippen molar-refractivity contribution < 1.29 is 13.9 Å². The number of hydrogen-bond acceptors (Lipinski definition) is 5. The zero-order valence-corrected chi connectivity index (χ0v) is 14.9. The molecule has 0 bridgehead atoms. The molecule has 0 fully saturated rings. The van der Waals surface area contributed by atoms with E-state index in [1.54, 1.807) is 12.1 Å². The molecule has 0 N–H and O–H groups in total. The molecular weight excluding hydrogens is 391 g/mol. The molecule has 0 saturated carbocycles. The first kappa shape index (κ1) is 17.2. The second-order valence-corrected chi connectivity index (χ2v) is 6.32. The molecule has 0 atom stereocenters.